The molecule has 24 heavy (non-hydrogen) atoms. The highest BCUT2D eigenvalue weighted by atomic mass is 32.2. The van der Waals surface area contributed by atoms with Crippen molar-refractivity contribution in [3.8, 4) is 0 Å². The minimum absolute atomic E-state index is 0.0762. The lowest BCUT2D eigenvalue weighted by Gasteiger charge is -2.43. The van der Waals surface area contributed by atoms with Crippen molar-refractivity contribution in [3.63, 3.8) is 0 Å². The molecule has 1 aromatic rings. The maximum Gasteiger partial charge on any atom is 0.272 e. The average Bonchev–Trinajstić information content (AvgIpc) is 2.94. The number of sulfonamides is 1. The van der Waals surface area contributed by atoms with Crippen LogP contribution in [-0.2, 0) is 10.0 Å². The van der Waals surface area contributed by atoms with Gasteiger partial charge in [-0.1, -0.05) is 6.07 Å². The number of likely N-dealkylation sites (tertiary alicyclic amines) is 1. The molecular weight excluding hydrogens is 330 g/mol. The topological polar surface area (TPSA) is 90.8 Å². The fraction of sp³-hybridized carbons (Fsp3) is 0.625. The van der Waals surface area contributed by atoms with E-state index in [1.54, 1.807) is 17.2 Å². The Labute approximate surface area is 142 Å². The predicted molar refractivity (Wildman–Crippen MR) is 88.9 cm³/mol. The van der Waals surface area contributed by atoms with E-state index in [-0.39, 0.29) is 25.0 Å². The van der Waals surface area contributed by atoms with Crippen LogP contribution < -0.4 is 0 Å². The number of aryl methyl sites for hydroxylation is 1. The molecule has 2 saturated heterocycles. The first-order valence-corrected chi connectivity index (χ1v) is 9.88. The number of rotatable bonds is 3. The summed E-state index contributed by atoms with van der Waals surface area (Å²) in [6.07, 6.45) is 3.53. The van der Waals surface area contributed by atoms with Crippen molar-refractivity contribution < 1.29 is 18.3 Å². The van der Waals surface area contributed by atoms with Gasteiger partial charge in [-0.2, -0.15) is 0 Å². The molecule has 0 bridgehead atoms. The van der Waals surface area contributed by atoms with Gasteiger partial charge in [0.05, 0.1) is 12.9 Å². The highest BCUT2D eigenvalue weighted by Gasteiger charge is 2.52. The Hall–Kier alpha value is -1.51. The molecule has 0 saturated carbocycles. The van der Waals surface area contributed by atoms with E-state index in [1.807, 2.05) is 13.0 Å². The zero-order valence-corrected chi connectivity index (χ0v) is 14.8. The molecule has 1 N–H and O–H groups in total. The van der Waals surface area contributed by atoms with Crippen LogP contribution in [0.15, 0.2) is 18.3 Å². The van der Waals surface area contributed by atoms with Gasteiger partial charge in [0.15, 0.2) is 0 Å². The van der Waals surface area contributed by atoms with Gasteiger partial charge in [-0.15, -0.1) is 0 Å². The highest BCUT2D eigenvalue weighted by Crippen LogP contribution is 2.42. The third-order valence-electron chi connectivity index (χ3n) is 5.24. The molecule has 2 aliphatic rings. The summed E-state index contributed by atoms with van der Waals surface area (Å²) in [5, 5.41) is 9.97. The zero-order valence-electron chi connectivity index (χ0n) is 14.0. The van der Waals surface area contributed by atoms with Crippen molar-refractivity contribution in [2.24, 2.45) is 11.3 Å². The first kappa shape index (κ1) is 17.3. The summed E-state index contributed by atoms with van der Waals surface area (Å²) in [6.45, 7) is 3.37. The molecule has 3 heterocycles. The Morgan fingerprint density at radius 3 is 2.75 bits per heavy atom. The number of pyridine rings is 1. The number of hydrogen-bond donors (Lipinski definition) is 1. The molecule has 0 aromatic carbocycles. The lowest BCUT2D eigenvalue weighted by Crippen LogP contribution is -2.52. The number of carbonyl (C=O) groups is 1. The fourth-order valence-electron chi connectivity index (χ4n) is 3.74. The summed E-state index contributed by atoms with van der Waals surface area (Å²) in [5.74, 6) is -0.0914. The summed E-state index contributed by atoms with van der Waals surface area (Å²) in [4.78, 5) is 18.6. The van der Waals surface area contributed by atoms with Crippen molar-refractivity contribution in [1.82, 2.24) is 14.2 Å². The van der Waals surface area contributed by atoms with Gasteiger partial charge in [0, 0.05) is 37.8 Å². The van der Waals surface area contributed by atoms with Crippen molar-refractivity contribution in [1.29, 1.82) is 0 Å². The molecule has 1 aromatic heterocycles. The van der Waals surface area contributed by atoms with Crippen LogP contribution in [0, 0.1) is 18.3 Å². The standard InChI is InChI=1S/C16H23N3O4S/c1-12-3-4-14(17-7-12)15(21)18-6-5-13-8-19(24(2,22)23)10-16(13,9-18)11-20/h3-4,7,13,20H,5-6,8-11H2,1-2H3. The number of fused-ring (bicyclic) bond motifs is 1. The SMILES string of the molecule is Cc1ccc(C(=O)N2CCC3CN(S(C)(=O)=O)CC3(CO)C2)nc1. The lowest BCUT2D eigenvalue weighted by molar-refractivity contribution is 0.0126. The van der Waals surface area contributed by atoms with E-state index in [1.165, 1.54) is 10.6 Å². The largest absolute Gasteiger partial charge is 0.396 e. The van der Waals surface area contributed by atoms with Crippen LogP contribution in [-0.4, -0.2) is 72.7 Å². The molecule has 0 aliphatic carbocycles. The number of hydrogen-bond acceptors (Lipinski definition) is 5. The molecule has 0 spiro atoms. The summed E-state index contributed by atoms with van der Waals surface area (Å²) < 4.78 is 25.1. The number of piperidine rings is 1. The van der Waals surface area contributed by atoms with Crippen LogP contribution in [0.4, 0.5) is 0 Å². The Bertz CT molecular complexity index is 734. The fourth-order valence-corrected chi connectivity index (χ4v) is 4.69. The number of carbonyl (C=O) groups excluding carboxylic acids is 1. The molecule has 2 aliphatic heterocycles. The third kappa shape index (κ3) is 3.05. The Kier molecular flexibility index (Phi) is 4.39. The van der Waals surface area contributed by atoms with Gasteiger partial charge in [0.25, 0.3) is 5.91 Å². The number of nitrogens with zero attached hydrogens (tertiary/aromatic N) is 3. The smallest absolute Gasteiger partial charge is 0.272 e. The van der Waals surface area contributed by atoms with E-state index in [0.29, 0.717) is 31.7 Å². The van der Waals surface area contributed by atoms with Gasteiger partial charge in [0.2, 0.25) is 10.0 Å². The monoisotopic (exact) mass is 353 g/mol. The molecular formula is C16H23N3O4S. The van der Waals surface area contributed by atoms with Gasteiger partial charge in [-0.05, 0) is 30.9 Å². The molecule has 132 valence electrons. The van der Waals surface area contributed by atoms with E-state index < -0.39 is 15.4 Å². The normalized spacial score (nSPS) is 28.0. The van der Waals surface area contributed by atoms with Crippen molar-refractivity contribution in [2.75, 3.05) is 39.0 Å². The quantitative estimate of drug-likeness (QED) is 0.833. The summed E-state index contributed by atoms with van der Waals surface area (Å²) >= 11 is 0. The number of aliphatic hydroxyl groups is 1. The third-order valence-corrected chi connectivity index (χ3v) is 6.45. The maximum absolute atomic E-state index is 12.7. The van der Waals surface area contributed by atoms with E-state index in [2.05, 4.69) is 4.98 Å². The van der Waals surface area contributed by atoms with E-state index in [9.17, 15) is 18.3 Å². The second-order valence-electron chi connectivity index (χ2n) is 7.01. The molecule has 1 amide bonds. The molecule has 3 rings (SSSR count). The molecule has 7 nitrogen and oxygen atoms in total. The summed E-state index contributed by atoms with van der Waals surface area (Å²) in [5.41, 5.74) is 0.781. The van der Waals surface area contributed by atoms with Gasteiger partial charge in [-0.3, -0.25) is 9.78 Å². The molecule has 2 fully saturated rings. The van der Waals surface area contributed by atoms with E-state index in [0.717, 1.165) is 5.56 Å². The zero-order chi connectivity index (χ0) is 17.5. The summed E-state index contributed by atoms with van der Waals surface area (Å²) in [7, 11) is -3.30. The van der Waals surface area contributed by atoms with Gasteiger partial charge in [-0.25, -0.2) is 12.7 Å². The van der Waals surface area contributed by atoms with E-state index in [4.69, 9.17) is 0 Å². The van der Waals surface area contributed by atoms with Gasteiger partial charge >= 0.3 is 0 Å². The first-order chi connectivity index (χ1) is 11.2. The van der Waals surface area contributed by atoms with Crippen LogP contribution in [0.2, 0.25) is 0 Å². The molecule has 0 radical (unpaired) electrons. The average molecular weight is 353 g/mol. The Balaban J connectivity index is 1.81. The van der Waals surface area contributed by atoms with E-state index >= 15 is 0 Å². The van der Waals surface area contributed by atoms with Crippen LogP contribution in [0.1, 0.15) is 22.5 Å². The second-order valence-corrected chi connectivity index (χ2v) is 8.99. The number of aromatic nitrogens is 1. The van der Waals surface area contributed by atoms with Crippen LogP contribution in [0.5, 0.6) is 0 Å². The van der Waals surface area contributed by atoms with Gasteiger partial charge < -0.3 is 10.0 Å². The Morgan fingerprint density at radius 2 is 2.17 bits per heavy atom. The molecule has 8 heteroatoms. The Morgan fingerprint density at radius 1 is 1.42 bits per heavy atom. The number of amides is 1. The van der Waals surface area contributed by atoms with Crippen molar-refractivity contribution in [2.45, 2.75) is 13.3 Å². The lowest BCUT2D eigenvalue weighted by atomic mass is 9.74. The summed E-state index contributed by atoms with van der Waals surface area (Å²) in [6, 6.07) is 3.54. The van der Waals surface area contributed by atoms with Crippen LogP contribution in [0.25, 0.3) is 0 Å². The molecule has 2 atom stereocenters. The predicted octanol–water partition coefficient (Wildman–Crippen LogP) is 0.106. The minimum atomic E-state index is -3.30. The molecule has 2 unspecified atom stereocenters. The maximum atomic E-state index is 12.7. The van der Waals surface area contributed by atoms with Crippen molar-refractivity contribution >= 4 is 15.9 Å². The van der Waals surface area contributed by atoms with Crippen LogP contribution in [0.3, 0.4) is 0 Å². The minimum Gasteiger partial charge on any atom is -0.396 e. The van der Waals surface area contributed by atoms with Crippen LogP contribution >= 0.6 is 0 Å². The number of aliphatic hydroxyl groups excluding tert-OH is 1. The first-order valence-electron chi connectivity index (χ1n) is 8.03. The van der Waals surface area contributed by atoms with Gasteiger partial charge in [0.1, 0.15) is 5.69 Å². The van der Waals surface area contributed by atoms with Crippen molar-refractivity contribution in [3.05, 3.63) is 29.6 Å². The second kappa shape index (κ2) is 6.09. The highest BCUT2D eigenvalue weighted by molar-refractivity contribution is 7.88.